The summed E-state index contributed by atoms with van der Waals surface area (Å²) in [6.07, 6.45) is 0.876. The number of carbonyl (C=O) groups excluding carboxylic acids is 2. The number of aryl methyl sites for hydroxylation is 2. The Hall–Kier alpha value is -5.43. The van der Waals surface area contributed by atoms with Gasteiger partial charge in [0.1, 0.15) is 41.0 Å². The van der Waals surface area contributed by atoms with E-state index < -0.39 is 17.7 Å². The minimum atomic E-state index is -0.751. The zero-order valence-corrected chi connectivity index (χ0v) is 28.5. The van der Waals surface area contributed by atoms with Gasteiger partial charge in [0.2, 0.25) is 0 Å². The van der Waals surface area contributed by atoms with E-state index in [1.165, 1.54) is 7.11 Å². The van der Waals surface area contributed by atoms with Gasteiger partial charge in [-0.05, 0) is 58.7 Å². The number of aromatic nitrogens is 5. The molecule has 5 aromatic rings. The number of nitrogens with zero attached hydrogens (tertiary/aromatic N) is 5. The van der Waals surface area contributed by atoms with Gasteiger partial charge in [0.25, 0.3) is 0 Å². The third-order valence-corrected chi connectivity index (χ3v) is 7.62. The predicted molar refractivity (Wildman–Crippen MR) is 183 cm³/mol. The van der Waals surface area contributed by atoms with Crippen LogP contribution >= 0.6 is 0 Å². The van der Waals surface area contributed by atoms with Crippen LogP contribution < -0.4 is 15.8 Å². The number of esters is 1. The number of rotatable bonds is 10. The molecule has 0 radical (unpaired) electrons. The van der Waals surface area contributed by atoms with E-state index >= 15 is 0 Å². The number of anilines is 2. The van der Waals surface area contributed by atoms with Crippen molar-refractivity contribution < 1.29 is 28.5 Å². The molecule has 0 bridgehead atoms. The Bertz CT molecular complexity index is 1980. The van der Waals surface area contributed by atoms with Gasteiger partial charge in [-0.1, -0.05) is 36.4 Å². The first-order valence-corrected chi connectivity index (χ1v) is 15.4. The summed E-state index contributed by atoms with van der Waals surface area (Å²) in [6.45, 7) is 11.9. The number of benzene rings is 2. The molecule has 252 valence electrons. The van der Waals surface area contributed by atoms with Gasteiger partial charge in [-0.3, -0.25) is 9.88 Å². The summed E-state index contributed by atoms with van der Waals surface area (Å²) in [7, 11) is 2.86. The third-order valence-electron chi connectivity index (χ3n) is 7.62. The van der Waals surface area contributed by atoms with Crippen LogP contribution in [0.1, 0.15) is 53.6 Å². The average Bonchev–Trinajstić information content (AvgIpc) is 3.55. The highest BCUT2D eigenvalue weighted by Crippen LogP contribution is 2.41. The fourth-order valence-electron chi connectivity index (χ4n) is 5.52. The van der Waals surface area contributed by atoms with E-state index in [1.807, 2.05) is 56.3 Å². The van der Waals surface area contributed by atoms with Crippen molar-refractivity contribution in [2.45, 2.75) is 60.3 Å². The first-order chi connectivity index (χ1) is 22.8. The molecule has 0 saturated carbocycles. The van der Waals surface area contributed by atoms with Gasteiger partial charge in [-0.2, -0.15) is 5.10 Å². The Morgan fingerprint density at radius 1 is 1.00 bits per heavy atom. The van der Waals surface area contributed by atoms with Gasteiger partial charge < -0.3 is 24.7 Å². The molecule has 0 unspecified atom stereocenters. The fraction of sp³-hybridized carbons (Fsp3) is 0.343. The maximum Gasteiger partial charge on any atom is 0.413 e. The smallest absolute Gasteiger partial charge is 0.413 e. The molecule has 3 aromatic heterocycles. The Balaban J connectivity index is 1.75. The highest BCUT2D eigenvalue weighted by Gasteiger charge is 2.31. The van der Waals surface area contributed by atoms with Gasteiger partial charge in [-0.25, -0.2) is 24.2 Å². The first kappa shape index (κ1) is 33.9. The number of methoxy groups -OCH3 is 2. The van der Waals surface area contributed by atoms with Crippen molar-refractivity contribution in [2.24, 2.45) is 0 Å². The first-order valence-electron chi connectivity index (χ1n) is 15.4. The van der Waals surface area contributed by atoms with E-state index in [-0.39, 0.29) is 11.4 Å². The summed E-state index contributed by atoms with van der Waals surface area (Å²) < 4.78 is 25.6. The second-order valence-electron chi connectivity index (χ2n) is 12.3. The Kier molecular flexibility index (Phi) is 9.71. The number of nitrogen functional groups attached to an aromatic ring is 1. The lowest BCUT2D eigenvalue weighted by Crippen LogP contribution is -2.28. The molecule has 2 aromatic carbocycles. The second-order valence-corrected chi connectivity index (χ2v) is 12.3. The number of fused-ring (bicyclic) bond motifs is 1. The molecular formula is C35H41N7O6. The average molecular weight is 656 g/mol. The van der Waals surface area contributed by atoms with Crippen LogP contribution in [0.4, 0.5) is 16.4 Å². The standard InChI is InChI=1S/C35H41N7O6/c1-20-14-15-25(47-19-23-12-10-9-11-13-23)21(2)29(20)42-30(36)27(33(43)46-8)26-28(38-22(3)39-32(26)42)24-18-37-41(16-17-45-7)31(24)40-34(44)48-35(4,5)6/h9-15,18H,16-17,19,36H2,1-8H3,(H,40,44). The molecule has 48 heavy (non-hydrogen) atoms. The van der Waals surface area contributed by atoms with E-state index in [0.29, 0.717) is 65.1 Å². The zero-order valence-electron chi connectivity index (χ0n) is 28.5. The minimum absolute atomic E-state index is 0.0739. The summed E-state index contributed by atoms with van der Waals surface area (Å²) in [5.41, 5.74) is 10.7. The van der Waals surface area contributed by atoms with Crippen molar-refractivity contribution in [3.63, 3.8) is 0 Å². The van der Waals surface area contributed by atoms with Crippen molar-refractivity contribution in [3.05, 3.63) is 76.7 Å². The second kappa shape index (κ2) is 13.7. The lowest BCUT2D eigenvalue weighted by Gasteiger charge is -2.20. The molecule has 1 amide bonds. The van der Waals surface area contributed by atoms with E-state index in [2.05, 4.69) is 10.4 Å². The van der Waals surface area contributed by atoms with Crippen molar-refractivity contribution >= 4 is 34.7 Å². The molecule has 0 saturated heterocycles. The van der Waals surface area contributed by atoms with Crippen LogP contribution in [0.2, 0.25) is 0 Å². The Morgan fingerprint density at radius 2 is 1.73 bits per heavy atom. The minimum Gasteiger partial charge on any atom is -0.489 e. The Morgan fingerprint density at radius 3 is 2.40 bits per heavy atom. The summed E-state index contributed by atoms with van der Waals surface area (Å²) in [6, 6.07) is 13.7. The number of hydrogen-bond acceptors (Lipinski definition) is 10. The zero-order chi connectivity index (χ0) is 34.7. The maximum atomic E-state index is 13.5. The van der Waals surface area contributed by atoms with Gasteiger partial charge in [0.15, 0.2) is 5.65 Å². The number of nitrogens with two attached hydrogens (primary N) is 1. The molecule has 3 heterocycles. The van der Waals surface area contributed by atoms with Gasteiger partial charge in [0.05, 0.1) is 48.8 Å². The van der Waals surface area contributed by atoms with Crippen LogP contribution in [0, 0.1) is 20.8 Å². The maximum absolute atomic E-state index is 13.5. The lowest BCUT2D eigenvalue weighted by molar-refractivity contribution is 0.0601. The van der Waals surface area contributed by atoms with Crippen molar-refractivity contribution in [1.29, 1.82) is 0 Å². The molecule has 0 aliphatic heterocycles. The molecule has 5 rings (SSSR count). The molecule has 0 aliphatic rings. The van der Waals surface area contributed by atoms with Crippen molar-refractivity contribution in [1.82, 2.24) is 24.3 Å². The molecule has 13 heteroatoms. The normalized spacial score (nSPS) is 11.5. The van der Waals surface area contributed by atoms with Crippen LogP contribution in [0.15, 0.2) is 48.7 Å². The summed E-state index contributed by atoms with van der Waals surface area (Å²) in [4.78, 5) is 36.1. The van der Waals surface area contributed by atoms with Gasteiger partial charge in [0, 0.05) is 12.7 Å². The van der Waals surface area contributed by atoms with Crippen molar-refractivity contribution in [3.8, 4) is 22.7 Å². The molecule has 0 spiro atoms. The Labute approximate surface area is 279 Å². The topological polar surface area (TPSA) is 158 Å². The van der Waals surface area contributed by atoms with E-state index in [9.17, 15) is 9.59 Å². The molecule has 0 atom stereocenters. The SMILES string of the molecule is COCCn1ncc(-c2nc(C)nc3c2c(C(=O)OC)c(N)n3-c2c(C)ccc(OCc3ccccc3)c2C)c1NC(=O)OC(C)(C)C. The molecule has 3 N–H and O–H groups in total. The highest BCUT2D eigenvalue weighted by molar-refractivity contribution is 6.14. The largest absolute Gasteiger partial charge is 0.489 e. The van der Waals surface area contributed by atoms with Crippen LogP contribution in [0.3, 0.4) is 0 Å². The fourth-order valence-corrected chi connectivity index (χ4v) is 5.52. The van der Waals surface area contributed by atoms with Crippen molar-refractivity contribution in [2.75, 3.05) is 31.9 Å². The third kappa shape index (κ3) is 6.81. The van der Waals surface area contributed by atoms with Crippen LogP contribution in [-0.4, -0.2) is 62.8 Å². The monoisotopic (exact) mass is 655 g/mol. The number of nitrogens with one attached hydrogen (secondary N) is 1. The van der Waals surface area contributed by atoms with Crippen LogP contribution in [-0.2, 0) is 27.4 Å². The molecule has 13 nitrogen and oxygen atoms in total. The van der Waals surface area contributed by atoms with Crippen LogP contribution in [0.5, 0.6) is 5.75 Å². The van der Waals surface area contributed by atoms with E-state index in [1.54, 1.807) is 50.3 Å². The number of amides is 1. The lowest BCUT2D eigenvalue weighted by atomic mass is 10.1. The van der Waals surface area contributed by atoms with Crippen LogP contribution in [0.25, 0.3) is 28.0 Å². The van der Waals surface area contributed by atoms with E-state index in [4.69, 9.17) is 34.6 Å². The van der Waals surface area contributed by atoms with Gasteiger partial charge in [-0.15, -0.1) is 0 Å². The summed E-state index contributed by atoms with van der Waals surface area (Å²) in [5, 5.41) is 7.68. The highest BCUT2D eigenvalue weighted by atomic mass is 16.6. The van der Waals surface area contributed by atoms with E-state index in [0.717, 1.165) is 16.7 Å². The number of hydrogen-bond donors (Lipinski definition) is 2. The predicted octanol–water partition coefficient (Wildman–Crippen LogP) is 6.15. The quantitative estimate of drug-likeness (QED) is 0.167. The molecule has 0 fully saturated rings. The van der Waals surface area contributed by atoms with Gasteiger partial charge >= 0.3 is 12.1 Å². The number of ether oxygens (including phenoxy) is 4. The molecule has 0 aliphatic carbocycles. The number of carbonyl (C=O) groups is 2. The molecular weight excluding hydrogens is 614 g/mol. The summed E-state index contributed by atoms with van der Waals surface area (Å²) in [5.74, 6) is 0.774. The summed E-state index contributed by atoms with van der Waals surface area (Å²) >= 11 is 0.